The maximum Gasteiger partial charge on any atom is 0.220 e. The van der Waals surface area contributed by atoms with Gasteiger partial charge in [-0.05, 0) is 6.42 Å². The largest absolute Gasteiger partial charge is 0.394 e. The fraction of sp³-hybridized carbons (Fsp3) is 0.750. The van der Waals surface area contributed by atoms with Crippen molar-refractivity contribution in [3.8, 4) is 0 Å². The molecule has 16 heavy (non-hydrogen) atoms. The molecule has 0 radical (unpaired) electrons. The molecule has 0 heterocycles. The molecule has 0 bridgehead atoms. The average Bonchev–Trinajstić information content (AvgIpc) is 2.30. The van der Waals surface area contributed by atoms with Crippen molar-refractivity contribution in [1.82, 2.24) is 5.32 Å². The minimum absolute atomic E-state index is 0.167. The summed E-state index contributed by atoms with van der Waals surface area (Å²) in [4.78, 5) is 11.1. The van der Waals surface area contributed by atoms with Crippen LogP contribution in [0.4, 0.5) is 0 Å². The zero-order valence-corrected chi connectivity index (χ0v) is 10.1. The van der Waals surface area contributed by atoms with E-state index in [4.69, 9.17) is 5.11 Å². The Hall–Kier alpha value is -0.870. The minimum Gasteiger partial charge on any atom is -0.394 e. The van der Waals surface area contributed by atoms with E-state index in [0.29, 0.717) is 6.42 Å². The number of carbonyl (C=O) groups is 1. The number of hydrogen-bond donors (Lipinski definition) is 3. The zero-order chi connectivity index (χ0) is 12.4. The molecule has 0 aromatic heterocycles. The number of allylic oxidation sites excluding steroid dienone is 1. The van der Waals surface area contributed by atoms with E-state index in [0.717, 1.165) is 19.3 Å². The van der Waals surface area contributed by atoms with Crippen molar-refractivity contribution in [2.75, 3.05) is 6.61 Å². The van der Waals surface area contributed by atoms with Crippen molar-refractivity contribution in [1.29, 1.82) is 0 Å². The number of carbonyl (C=O) groups excluding carboxylic acids is 1. The lowest BCUT2D eigenvalue weighted by Gasteiger charge is -2.19. The van der Waals surface area contributed by atoms with Gasteiger partial charge < -0.3 is 15.5 Å². The Labute approximate surface area is 97.4 Å². The number of aliphatic hydroxyl groups is 2. The van der Waals surface area contributed by atoms with Gasteiger partial charge in [-0.3, -0.25) is 4.79 Å². The van der Waals surface area contributed by atoms with Gasteiger partial charge in [0.05, 0.1) is 18.8 Å². The summed E-state index contributed by atoms with van der Waals surface area (Å²) in [5, 5.41) is 21.3. The summed E-state index contributed by atoms with van der Waals surface area (Å²) in [6, 6.07) is -0.606. The van der Waals surface area contributed by atoms with E-state index in [9.17, 15) is 9.90 Å². The molecular formula is C12H23NO3. The molecule has 2 atom stereocenters. The molecule has 2 unspecified atom stereocenters. The van der Waals surface area contributed by atoms with Crippen LogP contribution in [-0.2, 0) is 4.79 Å². The van der Waals surface area contributed by atoms with Gasteiger partial charge in [-0.1, -0.05) is 38.8 Å². The van der Waals surface area contributed by atoms with Gasteiger partial charge in [0.15, 0.2) is 0 Å². The molecule has 0 aliphatic rings. The first kappa shape index (κ1) is 15.1. The van der Waals surface area contributed by atoms with Crippen molar-refractivity contribution in [2.24, 2.45) is 0 Å². The lowest BCUT2D eigenvalue weighted by molar-refractivity contribution is -0.122. The predicted octanol–water partition coefficient (Wildman–Crippen LogP) is 0.981. The smallest absolute Gasteiger partial charge is 0.220 e. The highest BCUT2D eigenvalue weighted by atomic mass is 16.3. The molecule has 3 N–H and O–H groups in total. The Balaban J connectivity index is 4.04. The molecule has 0 rings (SSSR count). The van der Waals surface area contributed by atoms with Crippen LogP contribution in [0.2, 0.25) is 0 Å². The zero-order valence-electron chi connectivity index (χ0n) is 10.1. The molecule has 0 aromatic rings. The van der Waals surface area contributed by atoms with Crippen LogP contribution in [0.1, 0.15) is 39.5 Å². The van der Waals surface area contributed by atoms with Gasteiger partial charge in [0.1, 0.15) is 0 Å². The van der Waals surface area contributed by atoms with E-state index in [1.54, 1.807) is 13.0 Å². The number of unbranched alkanes of at least 4 members (excludes halogenated alkanes) is 2. The third-order valence-electron chi connectivity index (χ3n) is 2.33. The van der Waals surface area contributed by atoms with Gasteiger partial charge in [0.25, 0.3) is 0 Å². The highest BCUT2D eigenvalue weighted by Gasteiger charge is 2.16. The summed E-state index contributed by atoms with van der Waals surface area (Å²) in [5.74, 6) is -0.167. The third kappa shape index (κ3) is 6.58. The molecule has 0 fully saturated rings. The Kier molecular flexibility index (Phi) is 8.85. The maximum absolute atomic E-state index is 11.1. The first-order valence-corrected chi connectivity index (χ1v) is 5.90. The topological polar surface area (TPSA) is 69.6 Å². The van der Waals surface area contributed by atoms with Crippen LogP contribution in [0.3, 0.4) is 0 Å². The Morgan fingerprint density at radius 2 is 2.12 bits per heavy atom. The molecule has 0 aliphatic heterocycles. The number of nitrogens with one attached hydrogen (secondary N) is 1. The molecular weight excluding hydrogens is 206 g/mol. The number of amides is 1. The van der Waals surface area contributed by atoms with E-state index < -0.39 is 12.1 Å². The van der Waals surface area contributed by atoms with Gasteiger partial charge in [-0.2, -0.15) is 0 Å². The lowest BCUT2D eigenvalue weighted by Crippen LogP contribution is -2.44. The fourth-order valence-corrected chi connectivity index (χ4v) is 1.24. The van der Waals surface area contributed by atoms with Crippen LogP contribution in [0.15, 0.2) is 12.2 Å². The van der Waals surface area contributed by atoms with Crippen LogP contribution >= 0.6 is 0 Å². The molecule has 0 aliphatic carbocycles. The van der Waals surface area contributed by atoms with E-state index in [2.05, 4.69) is 12.2 Å². The van der Waals surface area contributed by atoms with E-state index >= 15 is 0 Å². The second kappa shape index (κ2) is 9.36. The molecule has 0 saturated heterocycles. The first-order chi connectivity index (χ1) is 7.65. The van der Waals surface area contributed by atoms with Crippen molar-refractivity contribution in [2.45, 2.75) is 51.7 Å². The highest BCUT2D eigenvalue weighted by molar-refractivity contribution is 5.75. The van der Waals surface area contributed by atoms with Gasteiger partial charge >= 0.3 is 0 Å². The predicted molar refractivity (Wildman–Crippen MR) is 64.0 cm³/mol. The summed E-state index contributed by atoms with van der Waals surface area (Å²) in [5.41, 5.74) is 0. The van der Waals surface area contributed by atoms with Crippen molar-refractivity contribution in [3.05, 3.63) is 12.2 Å². The normalized spacial score (nSPS) is 15.0. The van der Waals surface area contributed by atoms with Crippen LogP contribution in [0.5, 0.6) is 0 Å². The monoisotopic (exact) mass is 229 g/mol. The Morgan fingerprint density at radius 1 is 1.44 bits per heavy atom. The van der Waals surface area contributed by atoms with Gasteiger partial charge in [-0.25, -0.2) is 0 Å². The van der Waals surface area contributed by atoms with Gasteiger partial charge in [0.2, 0.25) is 5.91 Å². The van der Waals surface area contributed by atoms with E-state index in [-0.39, 0.29) is 12.5 Å². The number of aliphatic hydroxyl groups excluding tert-OH is 2. The van der Waals surface area contributed by atoms with Gasteiger partial charge in [0, 0.05) is 6.42 Å². The Morgan fingerprint density at radius 3 is 2.62 bits per heavy atom. The lowest BCUT2D eigenvalue weighted by atomic mass is 10.1. The fourth-order valence-electron chi connectivity index (χ4n) is 1.24. The van der Waals surface area contributed by atoms with E-state index in [1.165, 1.54) is 0 Å². The molecule has 94 valence electrons. The summed E-state index contributed by atoms with van der Waals surface area (Å²) < 4.78 is 0. The van der Waals surface area contributed by atoms with Crippen LogP contribution in [-0.4, -0.2) is 34.9 Å². The highest BCUT2D eigenvalue weighted by Crippen LogP contribution is 2.00. The van der Waals surface area contributed by atoms with Gasteiger partial charge in [-0.15, -0.1) is 0 Å². The SMILES string of the molecule is CCCC/C=C/C(O)C(CO)NC(=O)CC. The second-order valence-corrected chi connectivity index (χ2v) is 3.77. The third-order valence-corrected chi connectivity index (χ3v) is 2.33. The molecule has 4 heteroatoms. The molecule has 0 aromatic carbocycles. The Bertz CT molecular complexity index is 216. The molecule has 1 amide bonds. The summed E-state index contributed by atoms with van der Waals surface area (Å²) in [7, 11) is 0. The first-order valence-electron chi connectivity index (χ1n) is 5.90. The van der Waals surface area contributed by atoms with E-state index in [1.807, 2.05) is 6.08 Å². The quantitative estimate of drug-likeness (QED) is 0.429. The molecule has 4 nitrogen and oxygen atoms in total. The number of hydrogen-bond acceptors (Lipinski definition) is 3. The minimum atomic E-state index is -0.822. The summed E-state index contributed by atoms with van der Waals surface area (Å²) in [6.07, 6.45) is 6.14. The van der Waals surface area contributed by atoms with Crippen LogP contribution < -0.4 is 5.32 Å². The standard InChI is InChI=1S/C12H23NO3/c1-3-5-6-7-8-11(15)10(9-14)13-12(16)4-2/h7-8,10-11,14-15H,3-6,9H2,1-2H3,(H,13,16)/b8-7+. The second-order valence-electron chi connectivity index (χ2n) is 3.77. The van der Waals surface area contributed by atoms with Crippen molar-refractivity contribution >= 4 is 5.91 Å². The maximum atomic E-state index is 11.1. The van der Waals surface area contributed by atoms with Crippen LogP contribution in [0.25, 0.3) is 0 Å². The van der Waals surface area contributed by atoms with Crippen molar-refractivity contribution in [3.63, 3.8) is 0 Å². The van der Waals surface area contributed by atoms with Crippen molar-refractivity contribution < 1.29 is 15.0 Å². The van der Waals surface area contributed by atoms with Crippen LogP contribution in [0, 0.1) is 0 Å². The number of rotatable bonds is 8. The summed E-state index contributed by atoms with van der Waals surface area (Å²) in [6.45, 7) is 3.57. The average molecular weight is 229 g/mol. The molecule has 0 spiro atoms. The summed E-state index contributed by atoms with van der Waals surface area (Å²) >= 11 is 0. The molecule has 0 saturated carbocycles.